The zero-order chi connectivity index (χ0) is 19.4. The summed E-state index contributed by atoms with van der Waals surface area (Å²) in [5, 5.41) is 8.39. The highest BCUT2D eigenvalue weighted by molar-refractivity contribution is 5.77. The molecule has 1 aliphatic carbocycles. The van der Waals surface area contributed by atoms with E-state index in [1.807, 2.05) is 18.0 Å². The molecule has 2 aromatic rings. The minimum atomic E-state index is -0.00305. The number of carbonyl (C=O) groups excluding carboxylic acids is 1. The molecule has 0 aromatic carbocycles. The van der Waals surface area contributed by atoms with Crippen LogP contribution in [0, 0.1) is 12.8 Å². The highest BCUT2D eigenvalue weighted by Gasteiger charge is 2.34. The first-order valence-electron chi connectivity index (χ1n) is 10.0. The topological polar surface area (TPSA) is 71.3 Å². The summed E-state index contributed by atoms with van der Waals surface area (Å²) in [7, 11) is 1.79. The van der Waals surface area contributed by atoms with Gasteiger partial charge in [-0.2, -0.15) is 10.2 Å². The van der Waals surface area contributed by atoms with Crippen molar-refractivity contribution >= 4 is 11.6 Å². The van der Waals surface area contributed by atoms with E-state index < -0.39 is 0 Å². The van der Waals surface area contributed by atoms with E-state index in [9.17, 15) is 9.59 Å². The van der Waals surface area contributed by atoms with Gasteiger partial charge in [-0.15, -0.1) is 0 Å². The van der Waals surface area contributed by atoms with Gasteiger partial charge in [-0.05, 0) is 37.0 Å². The van der Waals surface area contributed by atoms with Crippen LogP contribution < -0.4 is 10.5 Å². The molecule has 7 nitrogen and oxygen atoms in total. The number of hydrogen-bond donors (Lipinski definition) is 0. The van der Waals surface area contributed by atoms with Crippen LogP contribution in [0.15, 0.2) is 23.1 Å². The highest BCUT2D eigenvalue weighted by atomic mass is 16.2. The summed E-state index contributed by atoms with van der Waals surface area (Å²) in [4.78, 5) is 29.0. The Kier molecular flexibility index (Phi) is 4.00. The summed E-state index contributed by atoms with van der Waals surface area (Å²) < 4.78 is 1.68. The molecule has 2 aromatic heterocycles. The lowest BCUT2D eigenvalue weighted by atomic mass is 9.95. The Balaban J connectivity index is 1.19. The molecule has 0 unspecified atom stereocenters. The number of fused-ring (bicyclic) bond motifs is 1. The average molecular weight is 379 g/mol. The van der Waals surface area contributed by atoms with Crippen LogP contribution in [0.25, 0.3) is 0 Å². The van der Waals surface area contributed by atoms with Crippen LogP contribution in [0.4, 0.5) is 5.69 Å². The van der Waals surface area contributed by atoms with Gasteiger partial charge >= 0.3 is 0 Å². The molecule has 4 heterocycles. The molecule has 5 rings (SSSR count). The summed E-state index contributed by atoms with van der Waals surface area (Å²) in [5.41, 5.74) is 5.31. The quantitative estimate of drug-likeness (QED) is 0.809. The normalized spacial score (nSPS) is 18.9. The van der Waals surface area contributed by atoms with Crippen molar-refractivity contribution in [2.45, 2.75) is 45.2 Å². The number of anilines is 1. The zero-order valence-corrected chi connectivity index (χ0v) is 16.4. The van der Waals surface area contributed by atoms with E-state index in [4.69, 9.17) is 0 Å². The summed E-state index contributed by atoms with van der Waals surface area (Å²) in [5.74, 6) is 1.15. The molecule has 0 atom stereocenters. The third kappa shape index (κ3) is 2.99. The summed E-state index contributed by atoms with van der Waals surface area (Å²) in [6, 6.07) is 3.82. The van der Waals surface area contributed by atoms with Crippen molar-refractivity contribution in [3.8, 4) is 0 Å². The molecule has 2 aliphatic heterocycles. The molecule has 1 saturated carbocycles. The number of aryl methyl sites for hydroxylation is 1. The lowest BCUT2D eigenvalue weighted by molar-refractivity contribution is -0.133. The smallest absolute Gasteiger partial charge is 0.250 e. The molecule has 2 fully saturated rings. The van der Waals surface area contributed by atoms with Crippen molar-refractivity contribution in [3.63, 3.8) is 0 Å². The number of aromatic nitrogens is 3. The Labute approximate surface area is 164 Å². The van der Waals surface area contributed by atoms with Gasteiger partial charge in [-0.25, -0.2) is 0 Å². The monoisotopic (exact) mass is 379 g/mol. The molecule has 0 bridgehead atoms. The van der Waals surface area contributed by atoms with E-state index in [1.54, 1.807) is 17.7 Å². The van der Waals surface area contributed by atoms with E-state index in [-0.39, 0.29) is 11.5 Å². The van der Waals surface area contributed by atoms with Gasteiger partial charge in [0, 0.05) is 56.7 Å². The average Bonchev–Trinajstić information content (AvgIpc) is 3.40. The number of nitrogens with zero attached hydrogens (tertiary/aromatic N) is 5. The second kappa shape index (κ2) is 6.43. The van der Waals surface area contributed by atoms with Crippen molar-refractivity contribution in [1.29, 1.82) is 0 Å². The minimum Gasteiger partial charge on any atom is -0.369 e. The molecule has 0 N–H and O–H groups in total. The number of rotatable bonds is 4. The van der Waals surface area contributed by atoms with E-state index in [1.165, 1.54) is 12.8 Å². The van der Waals surface area contributed by atoms with E-state index in [2.05, 4.69) is 21.2 Å². The zero-order valence-electron chi connectivity index (χ0n) is 16.4. The first-order chi connectivity index (χ1) is 13.5. The van der Waals surface area contributed by atoms with Gasteiger partial charge < -0.3 is 14.4 Å². The molecule has 0 radical (unpaired) electrons. The maximum atomic E-state index is 12.8. The Hall–Kier alpha value is -2.70. The van der Waals surface area contributed by atoms with E-state index in [0.717, 1.165) is 41.3 Å². The molecule has 1 amide bonds. The van der Waals surface area contributed by atoms with Crippen molar-refractivity contribution in [1.82, 2.24) is 19.7 Å². The second-order valence-electron chi connectivity index (χ2n) is 8.49. The maximum absolute atomic E-state index is 12.8. The van der Waals surface area contributed by atoms with E-state index in [0.29, 0.717) is 31.3 Å². The molecule has 0 spiro atoms. The molecule has 146 valence electrons. The van der Waals surface area contributed by atoms with Crippen LogP contribution in [0.2, 0.25) is 0 Å². The fourth-order valence-corrected chi connectivity index (χ4v) is 4.36. The van der Waals surface area contributed by atoms with Crippen molar-refractivity contribution in [2.24, 2.45) is 13.0 Å². The van der Waals surface area contributed by atoms with Gasteiger partial charge in [-0.1, -0.05) is 0 Å². The molecule has 1 saturated heterocycles. The largest absolute Gasteiger partial charge is 0.369 e. The van der Waals surface area contributed by atoms with Crippen LogP contribution >= 0.6 is 0 Å². The van der Waals surface area contributed by atoms with Crippen molar-refractivity contribution < 1.29 is 4.79 Å². The lowest BCUT2D eigenvalue weighted by Gasteiger charge is -2.41. The fraction of sp³-hybridized carbons (Fsp3) is 0.524. The summed E-state index contributed by atoms with van der Waals surface area (Å²) >= 11 is 0. The lowest BCUT2D eigenvalue weighted by Crippen LogP contribution is -2.48. The van der Waals surface area contributed by atoms with Crippen LogP contribution in [0.1, 0.15) is 47.7 Å². The predicted octanol–water partition coefficient (Wildman–Crippen LogP) is 1.73. The summed E-state index contributed by atoms with van der Waals surface area (Å²) in [6.07, 6.45) is 4.83. The Morgan fingerprint density at radius 1 is 1.21 bits per heavy atom. The molecular weight excluding hydrogens is 354 g/mol. The highest BCUT2D eigenvalue weighted by Crippen LogP contribution is 2.40. The van der Waals surface area contributed by atoms with Crippen LogP contribution in [0.3, 0.4) is 0 Å². The van der Waals surface area contributed by atoms with Crippen molar-refractivity contribution in [2.75, 3.05) is 18.0 Å². The molecule has 7 heteroatoms. The Morgan fingerprint density at radius 3 is 2.75 bits per heavy atom. The van der Waals surface area contributed by atoms with Gasteiger partial charge in [0.1, 0.15) is 0 Å². The molecular formula is C21H25N5O2. The molecule has 28 heavy (non-hydrogen) atoms. The minimum absolute atomic E-state index is 0.00305. The van der Waals surface area contributed by atoms with Gasteiger partial charge in [0.15, 0.2) is 0 Å². The predicted molar refractivity (Wildman–Crippen MR) is 105 cm³/mol. The fourth-order valence-electron chi connectivity index (χ4n) is 4.36. The Morgan fingerprint density at radius 2 is 2.00 bits per heavy atom. The third-order valence-electron chi connectivity index (χ3n) is 6.38. The standard InChI is InChI=1S/C21H25N5O2/c1-13-5-20(27)24(2)19-12-26(11-17(13)19)21(28)6-14-9-25(10-14)16-7-18(15-3-4-15)23-22-8-16/h5,7-8,14-15H,3-4,6,9-12H2,1-2H3. The van der Waals surface area contributed by atoms with E-state index >= 15 is 0 Å². The van der Waals surface area contributed by atoms with Gasteiger partial charge in [0.2, 0.25) is 5.91 Å². The van der Waals surface area contributed by atoms with Crippen LogP contribution in [0.5, 0.6) is 0 Å². The van der Waals surface area contributed by atoms with Crippen molar-refractivity contribution in [3.05, 3.63) is 51.2 Å². The van der Waals surface area contributed by atoms with Gasteiger partial charge in [0.05, 0.1) is 24.1 Å². The maximum Gasteiger partial charge on any atom is 0.250 e. The Bertz CT molecular complexity index is 1000. The van der Waals surface area contributed by atoms with Gasteiger partial charge in [-0.3, -0.25) is 9.59 Å². The third-order valence-corrected chi connectivity index (χ3v) is 6.38. The second-order valence-corrected chi connectivity index (χ2v) is 8.49. The van der Waals surface area contributed by atoms with Gasteiger partial charge in [0.25, 0.3) is 5.56 Å². The number of pyridine rings is 1. The number of hydrogen-bond acceptors (Lipinski definition) is 5. The molecule has 3 aliphatic rings. The number of carbonyl (C=O) groups is 1. The first kappa shape index (κ1) is 17.4. The first-order valence-corrected chi connectivity index (χ1v) is 10.0. The number of amides is 1. The summed E-state index contributed by atoms with van der Waals surface area (Å²) in [6.45, 7) is 4.89. The van der Waals surface area contributed by atoms with Crippen LogP contribution in [-0.2, 0) is 24.9 Å². The SMILES string of the molecule is Cc1cc(=O)n(C)c2c1CN(C(=O)CC1CN(c3cnnc(C4CC4)c3)C1)C2. The van der Waals surface area contributed by atoms with Crippen LogP contribution in [-0.4, -0.2) is 38.7 Å².